The molecule has 0 spiro atoms. The van der Waals surface area contributed by atoms with E-state index in [9.17, 15) is 8.78 Å². The van der Waals surface area contributed by atoms with Crippen LogP contribution in [0.3, 0.4) is 0 Å². The summed E-state index contributed by atoms with van der Waals surface area (Å²) in [5, 5.41) is 0. The molecule has 1 aromatic carbocycles. The lowest BCUT2D eigenvalue weighted by atomic mass is 10.0. The molecular formula is C15H18ClF2N3OS. The number of aryl methyl sites for hydroxylation is 1. The monoisotopic (exact) mass is 361 g/mol. The molecule has 0 amide bonds. The van der Waals surface area contributed by atoms with Crippen molar-refractivity contribution in [1.29, 1.82) is 0 Å². The maximum Gasteiger partial charge on any atom is 0.177 e. The number of nitrogens with two attached hydrogens (primary N) is 1. The predicted molar refractivity (Wildman–Crippen MR) is 88.8 cm³/mol. The summed E-state index contributed by atoms with van der Waals surface area (Å²) in [5.41, 5.74) is 7.12. The Morgan fingerprint density at radius 1 is 1.39 bits per heavy atom. The molecule has 126 valence electrons. The summed E-state index contributed by atoms with van der Waals surface area (Å²) in [6.45, 7) is 0.899. The van der Waals surface area contributed by atoms with Gasteiger partial charge in [-0.1, -0.05) is 0 Å². The van der Waals surface area contributed by atoms with Gasteiger partial charge < -0.3 is 20.0 Å². The molecular weight excluding hydrogens is 344 g/mol. The number of H-pyrrole nitrogens is 1. The van der Waals surface area contributed by atoms with Crippen molar-refractivity contribution in [3.63, 3.8) is 0 Å². The van der Waals surface area contributed by atoms with E-state index in [4.69, 9.17) is 22.7 Å². The topological polar surface area (TPSA) is 56.0 Å². The number of ether oxygens (including phenoxy) is 1. The van der Waals surface area contributed by atoms with E-state index in [0.717, 1.165) is 24.6 Å². The fourth-order valence-electron chi connectivity index (χ4n) is 2.88. The van der Waals surface area contributed by atoms with Gasteiger partial charge in [0.1, 0.15) is 12.4 Å². The summed E-state index contributed by atoms with van der Waals surface area (Å²) in [5.74, 6) is -1.11. The lowest BCUT2D eigenvalue weighted by Gasteiger charge is -2.28. The average molecular weight is 362 g/mol. The third kappa shape index (κ3) is 3.57. The van der Waals surface area contributed by atoms with Crippen molar-refractivity contribution in [2.24, 2.45) is 5.73 Å². The Labute approximate surface area is 144 Å². The SMILES string of the molecule is Cl.NCCCc1c[nH]c(=S)n1C1COc2c(F)cc(F)cc2C1. The van der Waals surface area contributed by atoms with Gasteiger partial charge in [-0.05, 0) is 37.7 Å². The van der Waals surface area contributed by atoms with Gasteiger partial charge in [0.25, 0.3) is 0 Å². The summed E-state index contributed by atoms with van der Waals surface area (Å²) in [4.78, 5) is 3.02. The average Bonchev–Trinajstić information content (AvgIpc) is 2.85. The smallest absolute Gasteiger partial charge is 0.177 e. The van der Waals surface area contributed by atoms with E-state index in [1.54, 1.807) is 0 Å². The predicted octanol–water partition coefficient (Wildman–Crippen LogP) is 3.31. The van der Waals surface area contributed by atoms with Crippen LogP contribution in [0.1, 0.15) is 23.7 Å². The molecule has 0 aliphatic carbocycles. The van der Waals surface area contributed by atoms with Crippen LogP contribution in [0.5, 0.6) is 5.75 Å². The minimum atomic E-state index is -0.658. The highest BCUT2D eigenvalue weighted by Gasteiger charge is 2.26. The van der Waals surface area contributed by atoms with Crippen LogP contribution in [0.25, 0.3) is 0 Å². The van der Waals surface area contributed by atoms with Crippen molar-refractivity contribution in [3.05, 3.63) is 46.0 Å². The number of hydrogen-bond acceptors (Lipinski definition) is 3. The zero-order valence-electron chi connectivity index (χ0n) is 12.4. The van der Waals surface area contributed by atoms with Crippen LogP contribution in [0.2, 0.25) is 0 Å². The molecule has 1 aliphatic heterocycles. The fraction of sp³-hybridized carbons (Fsp3) is 0.400. The van der Waals surface area contributed by atoms with Gasteiger partial charge >= 0.3 is 0 Å². The third-order valence-electron chi connectivity index (χ3n) is 3.85. The molecule has 3 rings (SSSR count). The van der Waals surface area contributed by atoms with E-state index < -0.39 is 11.6 Å². The minimum Gasteiger partial charge on any atom is -0.488 e. The van der Waals surface area contributed by atoms with Crippen LogP contribution < -0.4 is 10.5 Å². The van der Waals surface area contributed by atoms with Crippen molar-refractivity contribution in [2.45, 2.75) is 25.3 Å². The second kappa shape index (κ2) is 7.42. The lowest BCUT2D eigenvalue weighted by molar-refractivity contribution is 0.210. The van der Waals surface area contributed by atoms with E-state index in [1.807, 2.05) is 10.8 Å². The van der Waals surface area contributed by atoms with Crippen LogP contribution in [-0.4, -0.2) is 22.7 Å². The van der Waals surface area contributed by atoms with Gasteiger partial charge in [0.05, 0.1) is 6.04 Å². The van der Waals surface area contributed by atoms with Crippen molar-refractivity contribution in [3.8, 4) is 5.75 Å². The van der Waals surface area contributed by atoms with E-state index in [-0.39, 0.29) is 24.2 Å². The van der Waals surface area contributed by atoms with Gasteiger partial charge in [0.15, 0.2) is 16.3 Å². The molecule has 2 heterocycles. The number of imidazole rings is 1. The maximum absolute atomic E-state index is 13.7. The number of nitrogens with one attached hydrogen (secondary N) is 1. The molecule has 0 saturated heterocycles. The molecule has 1 unspecified atom stereocenters. The van der Waals surface area contributed by atoms with Crippen LogP contribution in [0, 0.1) is 16.4 Å². The molecule has 1 atom stereocenters. The number of nitrogens with zero attached hydrogens (tertiary/aromatic N) is 1. The summed E-state index contributed by atoms with van der Waals surface area (Å²) in [6.07, 6.45) is 3.98. The van der Waals surface area contributed by atoms with E-state index in [0.29, 0.717) is 29.9 Å². The quantitative estimate of drug-likeness (QED) is 0.821. The highest BCUT2D eigenvalue weighted by atomic mass is 35.5. The molecule has 2 aromatic rings. The van der Waals surface area contributed by atoms with Crippen molar-refractivity contribution < 1.29 is 13.5 Å². The van der Waals surface area contributed by atoms with Crippen LogP contribution in [0.4, 0.5) is 8.78 Å². The Morgan fingerprint density at radius 2 is 2.17 bits per heavy atom. The highest BCUT2D eigenvalue weighted by molar-refractivity contribution is 7.71. The number of benzene rings is 1. The summed E-state index contributed by atoms with van der Waals surface area (Å²) < 4.78 is 35.2. The van der Waals surface area contributed by atoms with Crippen LogP contribution in [-0.2, 0) is 12.8 Å². The first-order chi connectivity index (χ1) is 10.6. The van der Waals surface area contributed by atoms with Gasteiger partial charge in [-0.25, -0.2) is 8.78 Å². The number of fused-ring (bicyclic) bond motifs is 1. The summed E-state index contributed by atoms with van der Waals surface area (Å²) in [6, 6.07) is 2.08. The second-order valence-electron chi connectivity index (χ2n) is 5.39. The third-order valence-corrected chi connectivity index (χ3v) is 4.17. The van der Waals surface area contributed by atoms with E-state index >= 15 is 0 Å². The summed E-state index contributed by atoms with van der Waals surface area (Å²) in [7, 11) is 0. The van der Waals surface area contributed by atoms with Gasteiger partial charge in [-0.3, -0.25) is 0 Å². The molecule has 1 aromatic heterocycles. The molecule has 3 N–H and O–H groups in total. The molecule has 0 radical (unpaired) electrons. The Morgan fingerprint density at radius 3 is 2.91 bits per heavy atom. The van der Waals surface area contributed by atoms with Gasteiger partial charge in [0, 0.05) is 29.9 Å². The maximum atomic E-state index is 13.7. The van der Waals surface area contributed by atoms with E-state index in [1.165, 1.54) is 6.07 Å². The molecule has 4 nitrogen and oxygen atoms in total. The van der Waals surface area contributed by atoms with Crippen LogP contribution >= 0.6 is 24.6 Å². The molecule has 0 saturated carbocycles. The number of aromatic nitrogens is 2. The Bertz CT molecular complexity index is 747. The van der Waals surface area contributed by atoms with Crippen LogP contribution in [0.15, 0.2) is 18.3 Å². The zero-order chi connectivity index (χ0) is 15.7. The highest BCUT2D eigenvalue weighted by Crippen LogP contribution is 2.33. The molecule has 8 heteroatoms. The second-order valence-corrected chi connectivity index (χ2v) is 5.78. The Kier molecular flexibility index (Phi) is 5.78. The fourth-order valence-corrected chi connectivity index (χ4v) is 3.20. The van der Waals surface area contributed by atoms with Crippen molar-refractivity contribution in [1.82, 2.24) is 9.55 Å². The molecule has 1 aliphatic rings. The minimum absolute atomic E-state index is 0. The first kappa shape index (κ1) is 17.9. The van der Waals surface area contributed by atoms with Gasteiger partial charge in [0.2, 0.25) is 0 Å². The number of rotatable bonds is 4. The molecule has 23 heavy (non-hydrogen) atoms. The first-order valence-electron chi connectivity index (χ1n) is 7.19. The van der Waals surface area contributed by atoms with Crippen molar-refractivity contribution >= 4 is 24.6 Å². The van der Waals surface area contributed by atoms with Crippen molar-refractivity contribution in [2.75, 3.05) is 13.2 Å². The van der Waals surface area contributed by atoms with E-state index in [2.05, 4.69) is 4.98 Å². The zero-order valence-corrected chi connectivity index (χ0v) is 14.0. The number of aromatic amines is 1. The normalized spacial score (nSPS) is 16.4. The van der Waals surface area contributed by atoms with Gasteiger partial charge in [-0.2, -0.15) is 0 Å². The lowest BCUT2D eigenvalue weighted by Crippen LogP contribution is -2.26. The Hall–Kier alpha value is -1.44. The number of hydrogen-bond donors (Lipinski definition) is 2. The molecule has 0 bridgehead atoms. The van der Waals surface area contributed by atoms with Gasteiger partial charge in [-0.15, -0.1) is 12.4 Å². The molecule has 0 fully saturated rings. The number of halogens is 3. The Balaban J connectivity index is 0.00000192. The standard InChI is InChI=1S/C15H17F2N3OS.ClH/c16-10-4-9-5-12(8-21-14(9)13(17)6-10)20-11(2-1-3-18)7-19-15(20)22;/h4,6-7,12H,1-3,5,8,18H2,(H,19,22);1H. The largest absolute Gasteiger partial charge is 0.488 e. The first-order valence-corrected chi connectivity index (χ1v) is 7.60. The summed E-state index contributed by atoms with van der Waals surface area (Å²) >= 11 is 5.33.